The summed E-state index contributed by atoms with van der Waals surface area (Å²) in [7, 11) is 0. The topological polar surface area (TPSA) is 44.8 Å². The summed E-state index contributed by atoms with van der Waals surface area (Å²) in [5, 5.41) is 3.76. The molecule has 5 unspecified atom stereocenters. The lowest BCUT2D eigenvalue weighted by Gasteiger charge is -2.45. The van der Waals surface area contributed by atoms with Crippen molar-refractivity contribution in [3.05, 3.63) is 54.1 Å². The second kappa shape index (κ2) is 7.62. The molecular weight excluding hydrogens is 374 g/mol. The lowest BCUT2D eigenvalue weighted by Crippen LogP contribution is -2.48. The Morgan fingerprint density at radius 1 is 1.03 bits per heavy atom. The van der Waals surface area contributed by atoms with E-state index in [1.165, 1.54) is 11.3 Å². The maximum Gasteiger partial charge on any atom is 0.224 e. The van der Waals surface area contributed by atoms with Gasteiger partial charge in [0.2, 0.25) is 5.91 Å². The fourth-order valence-electron chi connectivity index (χ4n) is 5.43. The second-order valence-electron chi connectivity index (χ2n) is 9.08. The zero-order valence-corrected chi connectivity index (χ0v) is 18.0. The Labute approximate surface area is 179 Å². The molecular formula is C25H31N3O2. The minimum absolute atomic E-state index is 0.103. The number of morpholine rings is 1. The average Bonchev–Trinajstić information content (AvgIpc) is 3.09. The van der Waals surface area contributed by atoms with E-state index >= 15 is 0 Å². The van der Waals surface area contributed by atoms with Gasteiger partial charge in [-0.05, 0) is 50.1 Å². The van der Waals surface area contributed by atoms with Crippen LogP contribution in [0, 0.1) is 5.92 Å². The SMILES string of the molecule is CC(=O)N1c2ccc(N3CC4CCC(C3)O4)cc2C(Nc2ccccc2)C(C)C1C. The highest BCUT2D eigenvalue weighted by Gasteiger charge is 2.39. The van der Waals surface area contributed by atoms with Gasteiger partial charge in [-0.25, -0.2) is 0 Å². The predicted octanol–water partition coefficient (Wildman–Crippen LogP) is 4.60. The van der Waals surface area contributed by atoms with Crippen LogP contribution < -0.4 is 15.1 Å². The van der Waals surface area contributed by atoms with Gasteiger partial charge in [0, 0.05) is 54.6 Å². The van der Waals surface area contributed by atoms with Gasteiger partial charge in [-0.1, -0.05) is 25.1 Å². The van der Waals surface area contributed by atoms with E-state index in [0.29, 0.717) is 12.2 Å². The number of fused-ring (bicyclic) bond motifs is 3. The van der Waals surface area contributed by atoms with Gasteiger partial charge >= 0.3 is 0 Å². The van der Waals surface area contributed by atoms with Crippen LogP contribution in [0.4, 0.5) is 17.1 Å². The summed E-state index contributed by atoms with van der Waals surface area (Å²) in [6.07, 6.45) is 3.03. The van der Waals surface area contributed by atoms with Gasteiger partial charge in [-0.15, -0.1) is 0 Å². The smallest absolute Gasteiger partial charge is 0.224 e. The molecule has 0 radical (unpaired) electrons. The summed E-state index contributed by atoms with van der Waals surface area (Å²) in [5.41, 5.74) is 4.58. The van der Waals surface area contributed by atoms with Gasteiger partial charge in [0.25, 0.3) is 0 Å². The molecule has 5 rings (SSSR count). The molecule has 5 atom stereocenters. The highest BCUT2D eigenvalue weighted by molar-refractivity contribution is 5.94. The number of nitrogens with one attached hydrogen (secondary N) is 1. The van der Waals surface area contributed by atoms with Crippen molar-refractivity contribution in [1.29, 1.82) is 0 Å². The van der Waals surface area contributed by atoms with Crippen molar-refractivity contribution in [2.45, 2.75) is 57.9 Å². The number of carbonyl (C=O) groups is 1. The Morgan fingerprint density at radius 3 is 2.40 bits per heavy atom. The predicted molar refractivity (Wildman–Crippen MR) is 121 cm³/mol. The second-order valence-corrected chi connectivity index (χ2v) is 9.08. The molecule has 158 valence electrons. The van der Waals surface area contributed by atoms with Crippen molar-refractivity contribution in [2.75, 3.05) is 28.2 Å². The van der Waals surface area contributed by atoms with Gasteiger partial charge < -0.3 is 19.9 Å². The van der Waals surface area contributed by atoms with Crippen molar-refractivity contribution in [3.63, 3.8) is 0 Å². The highest BCUT2D eigenvalue weighted by Crippen LogP contribution is 2.44. The Balaban J connectivity index is 1.54. The lowest BCUT2D eigenvalue weighted by atomic mass is 9.82. The van der Waals surface area contributed by atoms with Crippen LogP contribution in [0.15, 0.2) is 48.5 Å². The number of rotatable bonds is 3. The van der Waals surface area contributed by atoms with Crippen LogP contribution >= 0.6 is 0 Å². The Hall–Kier alpha value is -2.53. The van der Waals surface area contributed by atoms with Crippen LogP contribution in [0.2, 0.25) is 0 Å². The Bertz CT molecular complexity index is 919. The normalized spacial score (nSPS) is 30.2. The third kappa shape index (κ3) is 3.35. The van der Waals surface area contributed by atoms with Crippen molar-refractivity contribution >= 4 is 23.0 Å². The largest absolute Gasteiger partial charge is 0.378 e. The highest BCUT2D eigenvalue weighted by atomic mass is 16.5. The Morgan fingerprint density at radius 2 is 1.73 bits per heavy atom. The van der Waals surface area contributed by atoms with E-state index in [1.807, 2.05) is 11.0 Å². The minimum atomic E-state index is 0.103. The van der Waals surface area contributed by atoms with E-state index < -0.39 is 0 Å². The van der Waals surface area contributed by atoms with E-state index in [-0.39, 0.29) is 23.9 Å². The number of carbonyl (C=O) groups excluding carboxylic acids is 1. The fourth-order valence-corrected chi connectivity index (χ4v) is 5.43. The number of hydrogen-bond donors (Lipinski definition) is 1. The standard InChI is InChI=1S/C25H31N3O2/c1-16-17(2)28(18(3)29)24-12-9-20(27-14-21-10-11-22(15-27)30-21)13-23(24)25(16)26-19-7-5-4-6-8-19/h4-9,12-13,16-17,21-22,25-26H,10-11,14-15H2,1-3H3. The molecule has 2 aromatic rings. The van der Waals surface area contributed by atoms with Gasteiger partial charge in [-0.3, -0.25) is 4.79 Å². The maximum atomic E-state index is 12.5. The molecule has 2 bridgehead atoms. The van der Waals surface area contributed by atoms with E-state index in [9.17, 15) is 4.79 Å². The minimum Gasteiger partial charge on any atom is -0.378 e. The summed E-state index contributed by atoms with van der Waals surface area (Å²) in [6, 6.07) is 17.3. The molecule has 0 spiro atoms. The zero-order valence-electron chi connectivity index (χ0n) is 18.0. The van der Waals surface area contributed by atoms with Crippen molar-refractivity contribution in [1.82, 2.24) is 0 Å². The Kier molecular flexibility index (Phi) is 4.94. The first-order chi connectivity index (χ1) is 14.5. The quantitative estimate of drug-likeness (QED) is 0.811. The number of amides is 1. The molecule has 0 aliphatic carbocycles. The van der Waals surface area contributed by atoms with Crippen molar-refractivity contribution < 1.29 is 9.53 Å². The van der Waals surface area contributed by atoms with E-state index in [4.69, 9.17) is 4.74 Å². The number of hydrogen-bond acceptors (Lipinski definition) is 4. The number of para-hydroxylation sites is 1. The molecule has 0 aromatic heterocycles. The molecule has 2 aromatic carbocycles. The van der Waals surface area contributed by atoms with Crippen LogP contribution in [0.1, 0.15) is 45.2 Å². The number of benzene rings is 2. The van der Waals surface area contributed by atoms with Crippen LogP contribution in [-0.2, 0) is 9.53 Å². The summed E-state index contributed by atoms with van der Waals surface area (Å²) >= 11 is 0. The van der Waals surface area contributed by atoms with Crippen LogP contribution in [0.25, 0.3) is 0 Å². The van der Waals surface area contributed by atoms with E-state index in [0.717, 1.165) is 37.3 Å². The molecule has 1 amide bonds. The maximum absolute atomic E-state index is 12.5. The summed E-state index contributed by atoms with van der Waals surface area (Å²) < 4.78 is 6.03. The third-order valence-corrected chi connectivity index (χ3v) is 7.14. The van der Waals surface area contributed by atoms with E-state index in [1.54, 1.807) is 6.92 Å². The van der Waals surface area contributed by atoms with Crippen LogP contribution in [0.5, 0.6) is 0 Å². The molecule has 3 aliphatic heterocycles. The molecule has 3 heterocycles. The molecule has 30 heavy (non-hydrogen) atoms. The van der Waals surface area contributed by atoms with Crippen LogP contribution in [0.3, 0.4) is 0 Å². The molecule has 5 heteroatoms. The van der Waals surface area contributed by atoms with E-state index in [2.05, 4.69) is 66.5 Å². The summed E-state index contributed by atoms with van der Waals surface area (Å²) in [6.45, 7) is 7.97. The first-order valence-corrected chi connectivity index (χ1v) is 11.2. The van der Waals surface area contributed by atoms with Gasteiger partial charge in [0.05, 0.1) is 18.2 Å². The molecule has 3 aliphatic rings. The fraction of sp³-hybridized carbons (Fsp3) is 0.480. The summed E-state index contributed by atoms with van der Waals surface area (Å²) in [5.74, 6) is 0.378. The monoisotopic (exact) mass is 405 g/mol. The van der Waals surface area contributed by atoms with Gasteiger partial charge in [0.1, 0.15) is 0 Å². The first-order valence-electron chi connectivity index (χ1n) is 11.2. The van der Waals surface area contributed by atoms with Gasteiger partial charge in [0.15, 0.2) is 0 Å². The van der Waals surface area contributed by atoms with Crippen LogP contribution in [-0.4, -0.2) is 37.2 Å². The van der Waals surface area contributed by atoms with Gasteiger partial charge in [-0.2, -0.15) is 0 Å². The molecule has 2 saturated heterocycles. The number of nitrogens with zero attached hydrogens (tertiary/aromatic N) is 2. The lowest BCUT2D eigenvalue weighted by molar-refractivity contribution is -0.117. The van der Waals surface area contributed by atoms with Crippen molar-refractivity contribution in [3.8, 4) is 0 Å². The number of ether oxygens (including phenoxy) is 1. The molecule has 1 N–H and O–H groups in total. The summed E-state index contributed by atoms with van der Waals surface area (Å²) in [4.78, 5) is 17.0. The van der Waals surface area contributed by atoms with Crippen molar-refractivity contribution in [2.24, 2.45) is 5.92 Å². The number of anilines is 3. The zero-order chi connectivity index (χ0) is 20.8. The molecule has 2 fully saturated rings. The first kappa shape index (κ1) is 19.4. The molecule has 5 nitrogen and oxygen atoms in total. The third-order valence-electron chi connectivity index (χ3n) is 7.14. The molecule has 0 saturated carbocycles. The average molecular weight is 406 g/mol.